The molecule has 0 fully saturated rings. The van der Waals surface area contributed by atoms with Gasteiger partial charge in [0.05, 0.1) is 6.42 Å². The number of nitrogens with zero attached hydrogens (tertiary/aromatic N) is 3. The summed E-state index contributed by atoms with van der Waals surface area (Å²) in [6.45, 7) is 3.70. The van der Waals surface area contributed by atoms with E-state index in [0.717, 1.165) is 18.5 Å². The summed E-state index contributed by atoms with van der Waals surface area (Å²) in [7, 11) is 0. The topological polar surface area (TPSA) is 58.1 Å². The minimum Gasteiger partial charge on any atom is -0.367 e. The molecule has 2 aromatic rings. The van der Waals surface area contributed by atoms with E-state index in [1.165, 1.54) is 17.6 Å². The Bertz CT molecular complexity index is 644. The largest absolute Gasteiger partial charge is 0.367 e. The van der Waals surface area contributed by atoms with Crippen LogP contribution in [0.4, 0.5) is 5.69 Å². The molecule has 2 heterocycles. The van der Waals surface area contributed by atoms with Crippen molar-refractivity contribution in [1.29, 1.82) is 0 Å². The van der Waals surface area contributed by atoms with Crippen molar-refractivity contribution >= 4 is 11.6 Å². The number of carbonyl (C=O) groups is 1. The molecule has 1 aromatic carbocycles. The van der Waals surface area contributed by atoms with Crippen molar-refractivity contribution in [2.45, 2.75) is 25.8 Å². The van der Waals surface area contributed by atoms with Crippen LogP contribution in [0.25, 0.3) is 0 Å². The minimum absolute atomic E-state index is 0.00920. The van der Waals surface area contributed by atoms with Gasteiger partial charge in [-0.15, -0.1) is 0 Å². The first-order valence-electron chi connectivity index (χ1n) is 7.59. The summed E-state index contributed by atoms with van der Waals surface area (Å²) >= 11 is 0. The van der Waals surface area contributed by atoms with Crippen LogP contribution in [-0.4, -0.2) is 35.0 Å². The van der Waals surface area contributed by atoms with Crippen LogP contribution in [0.5, 0.6) is 0 Å². The first-order chi connectivity index (χ1) is 10.7. The predicted molar refractivity (Wildman–Crippen MR) is 85.7 cm³/mol. The molecule has 5 nitrogen and oxygen atoms in total. The standard InChI is InChI=1S/C17H20N4O/c1-13-8-15-4-2-3-5-16(15)21(13)7-6-20-17(22)9-14-10-18-12-19-11-14/h2-5,10-13H,6-9H2,1H3,(H,20,22). The summed E-state index contributed by atoms with van der Waals surface area (Å²) in [6, 6.07) is 8.97. The second kappa shape index (κ2) is 6.56. The molecular weight excluding hydrogens is 276 g/mol. The van der Waals surface area contributed by atoms with Crippen LogP contribution < -0.4 is 10.2 Å². The van der Waals surface area contributed by atoms with Crippen molar-refractivity contribution in [3.8, 4) is 0 Å². The lowest BCUT2D eigenvalue weighted by Gasteiger charge is -2.25. The third-order valence-electron chi connectivity index (χ3n) is 4.00. The van der Waals surface area contributed by atoms with E-state index in [4.69, 9.17) is 0 Å². The molecule has 22 heavy (non-hydrogen) atoms. The van der Waals surface area contributed by atoms with Gasteiger partial charge in [-0.25, -0.2) is 9.97 Å². The van der Waals surface area contributed by atoms with Gasteiger partial charge in [-0.2, -0.15) is 0 Å². The zero-order chi connectivity index (χ0) is 15.4. The summed E-state index contributed by atoms with van der Waals surface area (Å²) in [5.41, 5.74) is 3.52. The Hall–Kier alpha value is -2.43. The fourth-order valence-corrected chi connectivity index (χ4v) is 2.96. The second-order valence-corrected chi connectivity index (χ2v) is 5.65. The van der Waals surface area contributed by atoms with Crippen molar-refractivity contribution in [1.82, 2.24) is 15.3 Å². The number of rotatable bonds is 5. The van der Waals surface area contributed by atoms with Crippen LogP contribution in [0.3, 0.4) is 0 Å². The van der Waals surface area contributed by atoms with Crippen LogP contribution in [0.2, 0.25) is 0 Å². The number of hydrogen-bond donors (Lipinski definition) is 1. The summed E-state index contributed by atoms with van der Waals surface area (Å²) in [6.07, 6.45) is 6.21. The normalized spacial score (nSPS) is 16.4. The maximum atomic E-state index is 11.9. The average Bonchev–Trinajstić information content (AvgIpc) is 2.84. The van der Waals surface area contributed by atoms with E-state index in [9.17, 15) is 4.79 Å². The quantitative estimate of drug-likeness (QED) is 0.910. The maximum Gasteiger partial charge on any atom is 0.224 e. The molecule has 0 aliphatic carbocycles. The van der Waals surface area contributed by atoms with Gasteiger partial charge in [0.15, 0.2) is 0 Å². The van der Waals surface area contributed by atoms with Gasteiger partial charge in [0.25, 0.3) is 0 Å². The molecule has 1 amide bonds. The molecule has 1 unspecified atom stereocenters. The molecule has 1 N–H and O–H groups in total. The monoisotopic (exact) mass is 296 g/mol. The zero-order valence-corrected chi connectivity index (χ0v) is 12.7. The average molecular weight is 296 g/mol. The van der Waals surface area contributed by atoms with Gasteiger partial charge < -0.3 is 10.2 Å². The molecule has 0 spiro atoms. The van der Waals surface area contributed by atoms with Gasteiger partial charge in [0.1, 0.15) is 6.33 Å². The Balaban J connectivity index is 1.50. The van der Waals surface area contributed by atoms with Crippen LogP contribution >= 0.6 is 0 Å². The lowest BCUT2D eigenvalue weighted by Crippen LogP contribution is -2.38. The van der Waals surface area contributed by atoms with Gasteiger partial charge >= 0.3 is 0 Å². The van der Waals surface area contributed by atoms with Gasteiger partial charge in [-0.1, -0.05) is 18.2 Å². The fourth-order valence-electron chi connectivity index (χ4n) is 2.96. The lowest BCUT2D eigenvalue weighted by atomic mass is 10.1. The smallest absolute Gasteiger partial charge is 0.224 e. The Morgan fingerprint density at radius 2 is 2.09 bits per heavy atom. The fraction of sp³-hybridized carbons (Fsp3) is 0.353. The molecule has 0 saturated heterocycles. The second-order valence-electron chi connectivity index (χ2n) is 5.65. The van der Waals surface area contributed by atoms with E-state index >= 15 is 0 Å². The third-order valence-corrected chi connectivity index (χ3v) is 4.00. The first-order valence-corrected chi connectivity index (χ1v) is 7.59. The number of nitrogens with one attached hydrogen (secondary N) is 1. The van der Waals surface area contributed by atoms with Crippen molar-refractivity contribution in [2.75, 3.05) is 18.0 Å². The van der Waals surface area contributed by atoms with Crippen LogP contribution in [0.15, 0.2) is 43.0 Å². The van der Waals surface area contributed by atoms with Gasteiger partial charge in [0, 0.05) is 37.2 Å². The molecule has 1 atom stereocenters. The first kappa shape index (κ1) is 14.5. The molecule has 5 heteroatoms. The highest BCUT2D eigenvalue weighted by atomic mass is 16.1. The molecule has 114 valence electrons. The van der Waals surface area contributed by atoms with Crippen LogP contribution in [0, 0.1) is 0 Å². The number of amides is 1. The minimum atomic E-state index is 0.00920. The van der Waals surface area contributed by atoms with E-state index < -0.39 is 0 Å². The maximum absolute atomic E-state index is 11.9. The van der Waals surface area contributed by atoms with Crippen LogP contribution in [-0.2, 0) is 17.6 Å². The lowest BCUT2D eigenvalue weighted by molar-refractivity contribution is -0.120. The number of para-hydroxylation sites is 1. The van der Waals surface area contributed by atoms with Gasteiger partial charge in [-0.05, 0) is 30.5 Å². The number of benzene rings is 1. The third kappa shape index (κ3) is 3.24. The number of hydrogen-bond acceptors (Lipinski definition) is 4. The van der Waals surface area contributed by atoms with Crippen molar-refractivity contribution in [3.63, 3.8) is 0 Å². The molecule has 0 radical (unpaired) electrons. The number of fused-ring (bicyclic) bond motifs is 1. The molecule has 0 bridgehead atoms. The van der Waals surface area contributed by atoms with Crippen LogP contribution in [0.1, 0.15) is 18.1 Å². The molecule has 1 aliphatic heterocycles. The van der Waals surface area contributed by atoms with E-state index in [1.807, 2.05) is 0 Å². The molecule has 1 aliphatic rings. The zero-order valence-electron chi connectivity index (χ0n) is 12.7. The van der Waals surface area contributed by atoms with Crippen molar-refractivity contribution < 1.29 is 4.79 Å². The highest BCUT2D eigenvalue weighted by Crippen LogP contribution is 2.31. The SMILES string of the molecule is CC1Cc2ccccc2N1CCNC(=O)Cc1cncnc1. The highest BCUT2D eigenvalue weighted by Gasteiger charge is 2.24. The Morgan fingerprint density at radius 1 is 1.32 bits per heavy atom. The highest BCUT2D eigenvalue weighted by molar-refractivity contribution is 5.78. The predicted octanol–water partition coefficient (Wildman–Crippen LogP) is 1.59. The Morgan fingerprint density at radius 3 is 2.91 bits per heavy atom. The van der Waals surface area contributed by atoms with E-state index in [-0.39, 0.29) is 5.91 Å². The van der Waals surface area contributed by atoms with E-state index in [0.29, 0.717) is 19.0 Å². The number of anilines is 1. The molecule has 0 saturated carbocycles. The number of aromatic nitrogens is 2. The van der Waals surface area contributed by atoms with Crippen molar-refractivity contribution in [2.24, 2.45) is 0 Å². The summed E-state index contributed by atoms with van der Waals surface area (Å²) in [4.78, 5) is 22.1. The molecule has 1 aromatic heterocycles. The summed E-state index contributed by atoms with van der Waals surface area (Å²) < 4.78 is 0. The molecular formula is C17H20N4O. The van der Waals surface area contributed by atoms with Gasteiger partial charge in [0.2, 0.25) is 5.91 Å². The van der Waals surface area contributed by atoms with Crippen molar-refractivity contribution in [3.05, 3.63) is 54.1 Å². The van der Waals surface area contributed by atoms with E-state index in [1.54, 1.807) is 12.4 Å². The summed E-state index contributed by atoms with van der Waals surface area (Å²) in [5.74, 6) is 0.00920. The van der Waals surface area contributed by atoms with Gasteiger partial charge in [-0.3, -0.25) is 4.79 Å². The molecule has 3 rings (SSSR count). The number of carbonyl (C=O) groups excluding carboxylic acids is 1. The summed E-state index contributed by atoms with van der Waals surface area (Å²) in [5, 5.41) is 2.97. The Labute approximate surface area is 130 Å². The van der Waals surface area contributed by atoms with E-state index in [2.05, 4.69) is 51.4 Å². The Kier molecular flexibility index (Phi) is 4.32.